The van der Waals surface area contributed by atoms with Crippen molar-refractivity contribution in [3.63, 3.8) is 0 Å². The number of thiophene rings is 1. The van der Waals surface area contributed by atoms with Crippen molar-refractivity contribution < 1.29 is 4.79 Å². The summed E-state index contributed by atoms with van der Waals surface area (Å²) in [7, 11) is 0. The number of carbonyl (C=O) groups excluding carboxylic acids is 1. The van der Waals surface area contributed by atoms with Crippen molar-refractivity contribution in [3.8, 4) is 0 Å². The second-order valence-corrected chi connectivity index (χ2v) is 7.10. The summed E-state index contributed by atoms with van der Waals surface area (Å²) in [5.41, 5.74) is 1.15. The lowest BCUT2D eigenvalue weighted by atomic mass is 10.0. The van der Waals surface area contributed by atoms with Crippen molar-refractivity contribution in [3.05, 3.63) is 58.3 Å². The molecule has 0 bridgehead atoms. The molecular formula is C19H23NOS. The molecule has 1 aromatic heterocycles. The highest BCUT2D eigenvalue weighted by atomic mass is 32.1. The Kier molecular flexibility index (Phi) is 5.28. The molecule has 3 heteroatoms. The van der Waals surface area contributed by atoms with Crippen LogP contribution in [0, 0.1) is 5.92 Å². The van der Waals surface area contributed by atoms with Crippen LogP contribution < -0.4 is 5.32 Å². The van der Waals surface area contributed by atoms with E-state index >= 15 is 0 Å². The molecule has 1 fully saturated rings. The average Bonchev–Trinajstić information content (AvgIpc) is 3.25. The van der Waals surface area contributed by atoms with Crippen LogP contribution >= 0.6 is 11.3 Å². The van der Waals surface area contributed by atoms with Crippen LogP contribution in [0.5, 0.6) is 0 Å². The molecule has 1 amide bonds. The van der Waals surface area contributed by atoms with E-state index in [-0.39, 0.29) is 11.9 Å². The molecule has 2 nitrogen and oxygen atoms in total. The van der Waals surface area contributed by atoms with E-state index in [0.717, 1.165) is 17.9 Å². The standard InChI is InChI=1S/C19H23NOS/c21-18(13-12-15-7-4-5-8-15)20-19(17-11-6-14-22-17)16-9-2-1-3-10-16/h1-3,6,9-11,14-15,19H,4-5,7-8,12-13H2,(H,20,21). The highest BCUT2D eigenvalue weighted by Crippen LogP contribution is 2.29. The molecule has 2 aromatic rings. The molecule has 0 saturated heterocycles. The van der Waals surface area contributed by atoms with Gasteiger partial charge in [0.1, 0.15) is 0 Å². The number of hydrogen-bond acceptors (Lipinski definition) is 2. The van der Waals surface area contributed by atoms with Crippen LogP contribution in [0.2, 0.25) is 0 Å². The van der Waals surface area contributed by atoms with E-state index in [4.69, 9.17) is 0 Å². The van der Waals surface area contributed by atoms with Gasteiger partial charge in [-0.15, -0.1) is 11.3 Å². The van der Waals surface area contributed by atoms with Gasteiger partial charge in [0.15, 0.2) is 0 Å². The fraction of sp³-hybridized carbons (Fsp3) is 0.421. The molecule has 0 radical (unpaired) electrons. The van der Waals surface area contributed by atoms with Crippen LogP contribution in [0.4, 0.5) is 0 Å². The molecule has 116 valence electrons. The van der Waals surface area contributed by atoms with Gasteiger partial charge in [0.05, 0.1) is 6.04 Å². The van der Waals surface area contributed by atoms with Crippen molar-refractivity contribution in [2.75, 3.05) is 0 Å². The van der Waals surface area contributed by atoms with E-state index in [1.807, 2.05) is 24.3 Å². The first-order valence-corrected chi connectivity index (χ1v) is 9.08. The molecular weight excluding hydrogens is 290 g/mol. The summed E-state index contributed by atoms with van der Waals surface area (Å²) >= 11 is 1.70. The highest BCUT2D eigenvalue weighted by Gasteiger charge is 2.20. The van der Waals surface area contributed by atoms with Crippen molar-refractivity contribution in [1.29, 1.82) is 0 Å². The van der Waals surface area contributed by atoms with Crippen LogP contribution in [0.25, 0.3) is 0 Å². The quantitative estimate of drug-likeness (QED) is 0.805. The molecule has 1 aromatic carbocycles. The summed E-state index contributed by atoms with van der Waals surface area (Å²) < 4.78 is 0. The Balaban J connectivity index is 1.64. The summed E-state index contributed by atoms with van der Waals surface area (Å²) in [5.74, 6) is 0.941. The zero-order chi connectivity index (χ0) is 15.2. The number of rotatable bonds is 6. The lowest BCUT2D eigenvalue weighted by Gasteiger charge is -2.18. The van der Waals surface area contributed by atoms with Gasteiger partial charge in [-0.1, -0.05) is 62.1 Å². The highest BCUT2D eigenvalue weighted by molar-refractivity contribution is 7.10. The first-order chi connectivity index (χ1) is 10.8. The van der Waals surface area contributed by atoms with Gasteiger partial charge in [-0.3, -0.25) is 4.79 Å². The van der Waals surface area contributed by atoms with Gasteiger partial charge in [-0.25, -0.2) is 0 Å². The minimum Gasteiger partial charge on any atom is -0.344 e. The predicted molar refractivity (Wildman–Crippen MR) is 91.9 cm³/mol. The maximum absolute atomic E-state index is 12.4. The second kappa shape index (κ2) is 7.59. The summed E-state index contributed by atoms with van der Waals surface area (Å²) in [6, 6.07) is 14.4. The van der Waals surface area contributed by atoms with Crippen LogP contribution in [0.1, 0.15) is 55.0 Å². The normalized spacial score (nSPS) is 16.5. The maximum atomic E-state index is 12.4. The Hall–Kier alpha value is -1.61. The fourth-order valence-electron chi connectivity index (χ4n) is 3.29. The predicted octanol–water partition coefficient (Wildman–Crippen LogP) is 4.92. The second-order valence-electron chi connectivity index (χ2n) is 6.12. The lowest BCUT2D eigenvalue weighted by Crippen LogP contribution is -2.28. The minimum atomic E-state index is -0.0164. The van der Waals surface area contributed by atoms with Gasteiger partial charge in [-0.05, 0) is 29.3 Å². The SMILES string of the molecule is O=C(CCC1CCCC1)NC(c1ccccc1)c1cccs1. The summed E-state index contributed by atoms with van der Waals surface area (Å²) in [5, 5.41) is 5.30. The lowest BCUT2D eigenvalue weighted by molar-refractivity contribution is -0.121. The molecule has 0 spiro atoms. The number of carbonyl (C=O) groups is 1. The minimum absolute atomic E-state index is 0.0164. The number of hydrogen-bond donors (Lipinski definition) is 1. The summed E-state index contributed by atoms with van der Waals surface area (Å²) in [4.78, 5) is 13.6. The molecule has 0 aliphatic heterocycles. The van der Waals surface area contributed by atoms with Crippen molar-refractivity contribution in [2.45, 2.75) is 44.6 Å². The van der Waals surface area contributed by atoms with E-state index in [9.17, 15) is 4.79 Å². The first-order valence-electron chi connectivity index (χ1n) is 8.20. The Labute approximate surface area is 136 Å². The van der Waals surface area contributed by atoms with Crippen molar-refractivity contribution in [1.82, 2.24) is 5.32 Å². The third kappa shape index (κ3) is 3.98. The molecule has 1 unspecified atom stereocenters. The van der Waals surface area contributed by atoms with Crippen LogP contribution in [0.15, 0.2) is 47.8 Å². The van der Waals surface area contributed by atoms with E-state index < -0.39 is 0 Å². The molecule has 1 N–H and O–H groups in total. The smallest absolute Gasteiger partial charge is 0.220 e. The van der Waals surface area contributed by atoms with Gasteiger partial charge in [-0.2, -0.15) is 0 Å². The largest absolute Gasteiger partial charge is 0.344 e. The molecule has 1 heterocycles. The zero-order valence-corrected chi connectivity index (χ0v) is 13.6. The van der Waals surface area contributed by atoms with Gasteiger partial charge in [0.2, 0.25) is 5.91 Å². The zero-order valence-electron chi connectivity index (χ0n) is 12.8. The Bertz CT molecular complexity index is 573. The van der Waals surface area contributed by atoms with E-state index in [0.29, 0.717) is 6.42 Å². The molecule has 1 aliphatic rings. The van der Waals surface area contributed by atoms with Gasteiger partial charge < -0.3 is 5.32 Å². The van der Waals surface area contributed by atoms with E-state index in [2.05, 4.69) is 28.9 Å². The van der Waals surface area contributed by atoms with E-state index in [1.165, 1.54) is 30.6 Å². The van der Waals surface area contributed by atoms with Crippen LogP contribution in [-0.4, -0.2) is 5.91 Å². The molecule has 1 atom stereocenters. The Morgan fingerprint density at radius 2 is 1.91 bits per heavy atom. The number of amides is 1. The van der Waals surface area contributed by atoms with Crippen LogP contribution in [-0.2, 0) is 4.79 Å². The number of nitrogens with one attached hydrogen (secondary N) is 1. The summed E-state index contributed by atoms with van der Waals surface area (Å²) in [6.45, 7) is 0. The third-order valence-corrected chi connectivity index (χ3v) is 5.46. The topological polar surface area (TPSA) is 29.1 Å². The molecule has 1 saturated carbocycles. The van der Waals surface area contributed by atoms with Gasteiger partial charge >= 0.3 is 0 Å². The van der Waals surface area contributed by atoms with Gasteiger partial charge in [0, 0.05) is 11.3 Å². The maximum Gasteiger partial charge on any atom is 0.220 e. The Morgan fingerprint density at radius 3 is 2.59 bits per heavy atom. The third-order valence-electron chi connectivity index (χ3n) is 4.52. The van der Waals surface area contributed by atoms with Crippen molar-refractivity contribution in [2.24, 2.45) is 5.92 Å². The molecule has 3 rings (SSSR count). The Morgan fingerprint density at radius 1 is 1.14 bits per heavy atom. The van der Waals surface area contributed by atoms with Crippen LogP contribution in [0.3, 0.4) is 0 Å². The fourth-order valence-corrected chi connectivity index (χ4v) is 4.09. The molecule has 22 heavy (non-hydrogen) atoms. The average molecular weight is 313 g/mol. The molecule has 1 aliphatic carbocycles. The number of benzene rings is 1. The monoisotopic (exact) mass is 313 g/mol. The van der Waals surface area contributed by atoms with E-state index in [1.54, 1.807) is 11.3 Å². The first kappa shape index (κ1) is 15.3. The van der Waals surface area contributed by atoms with Crippen molar-refractivity contribution >= 4 is 17.2 Å². The summed E-state index contributed by atoms with van der Waals surface area (Å²) in [6.07, 6.45) is 6.99. The van der Waals surface area contributed by atoms with Gasteiger partial charge in [0.25, 0.3) is 0 Å².